The summed E-state index contributed by atoms with van der Waals surface area (Å²) in [7, 11) is -2.17. The average molecular weight is 395 g/mol. The highest BCUT2D eigenvalue weighted by Crippen LogP contribution is 2.24. The highest BCUT2D eigenvalue weighted by molar-refractivity contribution is 7.98. The summed E-state index contributed by atoms with van der Waals surface area (Å²) < 4.78 is 28.7. The van der Waals surface area contributed by atoms with Crippen molar-refractivity contribution in [3.8, 4) is 0 Å². The summed E-state index contributed by atoms with van der Waals surface area (Å²) in [5, 5.41) is 6.67. The lowest BCUT2D eigenvalue weighted by Gasteiger charge is -2.25. The predicted molar refractivity (Wildman–Crippen MR) is 102 cm³/mol. The molecular weight excluding hydrogens is 372 g/mol. The summed E-state index contributed by atoms with van der Waals surface area (Å²) in [6, 6.07) is 7.40. The molecule has 0 atom stereocenters. The van der Waals surface area contributed by atoms with E-state index < -0.39 is 15.9 Å². The first-order chi connectivity index (χ1) is 12.4. The van der Waals surface area contributed by atoms with Gasteiger partial charge in [0, 0.05) is 36.9 Å². The zero-order valence-electron chi connectivity index (χ0n) is 14.8. The molecule has 0 saturated carbocycles. The first kappa shape index (κ1) is 18.9. The third kappa shape index (κ3) is 3.94. The van der Waals surface area contributed by atoms with E-state index >= 15 is 0 Å². The maximum absolute atomic E-state index is 12.9. The smallest absolute Gasteiger partial charge is 0.263 e. The molecule has 26 heavy (non-hydrogen) atoms. The number of amides is 1. The highest BCUT2D eigenvalue weighted by Gasteiger charge is 2.33. The molecule has 1 amide bonds. The van der Waals surface area contributed by atoms with Crippen LogP contribution in [0.1, 0.15) is 29.6 Å². The molecule has 140 valence electrons. The number of aromatic nitrogens is 2. The lowest BCUT2D eigenvalue weighted by Crippen LogP contribution is -2.36. The summed E-state index contributed by atoms with van der Waals surface area (Å²) in [5.41, 5.74) is 0.680. The van der Waals surface area contributed by atoms with Gasteiger partial charge in [-0.1, -0.05) is 12.5 Å². The molecular formula is C17H22N4O3S2. The van der Waals surface area contributed by atoms with E-state index in [4.69, 9.17) is 0 Å². The van der Waals surface area contributed by atoms with E-state index in [-0.39, 0.29) is 10.6 Å². The van der Waals surface area contributed by atoms with Crippen molar-refractivity contribution in [2.24, 2.45) is 7.05 Å². The Labute approximate surface area is 157 Å². The Balaban J connectivity index is 1.89. The molecule has 1 fully saturated rings. The molecule has 3 rings (SSSR count). The molecule has 0 aliphatic carbocycles. The van der Waals surface area contributed by atoms with Crippen molar-refractivity contribution in [3.05, 3.63) is 36.0 Å². The van der Waals surface area contributed by atoms with Crippen molar-refractivity contribution >= 4 is 33.4 Å². The number of aryl methyl sites for hydroxylation is 1. The number of sulfonamides is 1. The van der Waals surface area contributed by atoms with E-state index in [1.165, 1.54) is 15.2 Å². The van der Waals surface area contributed by atoms with Crippen LogP contribution in [-0.4, -0.2) is 47.8 Å². The highest BCUT2D eigenvalue weighted by atomic mass is 32.2. The molecule has 2 aromatic rings. The van der Waals surface area contributed by atoms with Crippen molar-refractivity contribution in [1.82, 2.24) is 14.1 Å². The minimum atomic E-state index is -3.79. The summed E-state index contributed by atoms with van der Waals surface area (Å²) in [5.74, 6) is -0.480. The van der Waals surface area contributed by atoms with Crippen LogP contribution >= 0.6 is 11.8 Å². The quantitative estimate of drug-likeness (QED) is 0.788. The Morgan fingerprint density at radius 1 is 1.23 bits per heavy atom. The fraction of sp³-hybridized carbons (Fsp3) is 0.412. The molecule has 1 saturated heterocycles. The van der Waals surface area contributed by atoms with Crippen LogP contribution in [0, 0.1) is 0 Å². The van der Waals surface area contributed by atoms with Gasteiger partial charge in [-0.25, -0.2) is 8.42 Å². The number of anilines is 1. The van der Waals surface area contributed by atoms with Crippen LogP contribution in [0.25, 0.3) is 0 Å². The SMILES string of the molecule is CSc1cccc(NC(=O)c2cn(C)nc2S(=O)(=O)N2CCCCC2)c1. The van der Waals surface area contributed by atoms with Crippen LogP contribution < -0.4 is 5.32 Å². The Morgan fingerprint density at radius 2 is 1.96 bits per heavy atom. The minimum absolute atomic E-state index is 0.0626. The first-order valence-corrected chi connectivity index (χ1v) is 11.1. The van der Waals surface area contributed by atoms with Gasteiger partial charge in [-0.05, 0) is 37.3 Å². The Bertz CT molecular complexity index is 902. The third-order valence-electron chi connectivity index (χ3n) is 4.27. The second kappa shape index (κ2) is 7.81. The average Bonchev–Trinajstić information content (AvgIpc) is 3.05. The second-order valence-electron chi connectivity index (χ2n) is 6.17. The standard InChI is InChI=1S/C17H22N4O3S2/c1-20-12-15(16(22)18-13-7-6-8-14(11-13)25-2)17(19-20)26(23,24)21-9-4-3-5-10-21/h6-8,11-12H,3-5,9-10H2,1-2H3,(H,18,22). The van der Waals surface area contributed by atoms with E-state index in [9.17, 15) is 13.2 Å². The predicted octanol–water partition coefficient (Wildman–Crippen LogP) is 2.57. The molecule has 1 N–H and O–H groups in total. The number of thioether (sulfide) groups is 1. The maximum Gasteiger partial charge on any atom is 0.263 e. The molecule has 0 unspecified atom stereocenters. The van der Waals surface area contributed by atoms with Gasteiger partial charge in [0.2, 0.25) is 5.03 Å². The van der Waals surface area contributed by atoms with Crippen molar-refractivity contribution in [1.29, 1.82) is 0 Å². The van der Waals surface area contributed by atoms with Gasteiger partial charge in [-0.3, -0.25) is 9.48 Å². The van der Waals surface area contributed by atoms with E-state index in [0.717, 1.165) is 24.2 Å². The summed E-state index contributed by atoms with van der Waals surface area (Å²) >= 11 is 1.57. The molecule has 1 aliphatic rings. The van der Waals surface area contributed by atoms with E-state index in [1.54, 1.807) is 24.9 Å². The summed E-state index contributed by atoms with van der Waals surface area (Å²) in [4.78, 5) is 13.7. The minimum Gasteiger partial charge on any atom is -0.322 e. The molecule has 1 aromatic heterocycles. The largest absolute Gasteiger partial charge is 0.322 e. The molecule has 1 aliphatic heterocycles. The van der Waals surface area contributed by atoms with Gasteiger partial charge < -0.3 is 5.32 Å². The third-order valence-corrected chi connectivity index (χ3v) is 6.83. The number of carbonyl (C=O) groups is 1. The Morgan fingerprint density at radius 3 is 2.65 bits per heavy atom. The molecule has 0 radical (unpaired) electrons. The van der Waals surface area contributed by atoms with Gasteiger partial charge in [0.15, 0.2) is 0 Å². The van der Waals surface area contributed by atoms with Crippen molar-refractivity contribution in [2.45, 2.75) is 29.2 Å². The monoisotopic (exact) mass is 394 g/mol. The fourth-order valence-electron chi connectivity index (χ4n) is 2.94. The summed E-state index contributed by atoms with van der Waals surface area (Å²) in [6.07, 6.45) is 6.08. The number of nitrogens with one attached hydrogen (secondary N) is 1. The van der Waals surface area contributed by atoms with Crippen LogP contribution in [0.3, 0.4) is 0 Å². The number of nitrogens with zero attached hydrogens (tertiary/aromatic N) is 3. The second-order valence-corrected chi connectivity index (χ2v) is 8.91. The van der Waals surface area contributed by atoms with Crippen LogP contribution in [0.15, 0.2) is 40.4 Å². The van der Waals surface area contributed by atoms with Crippen LogP contribution in [0.4, 0.5) is 5.69 Å². The van der Waals surface area contributed by atoms with Gasteiger partial charge >= 0.3 is 0 Å². The molecule has 2 heterocycles. The van der Waals surface area contributed by atoms with Gasteiger partial charge in [-0.2, -0.15) is 9.40 Å². The van der Waals surface area contributed by atoms with E-state index in [1.807, 2.05) is 24.5 Å². The Hall–Kier alpha value is -1.84. The topological polar surface area (TPSA) is 84.3 Å². The zero-order valence-corrected chi connectivity index (χ0v) is 16.4. The van der Waals surface area contributed by atoms with Crippen LogP contribution in [0.2, 0.25) is 0 Å². The normalized spacial score (nSPS) is 15.8. The number of benzene rings is 1. The Kier molecular flexibility index (Phi) is 5.69. The summed E-state index contributed by atoms with van der Waals surface area (Å²) in [6.45, 7) is 0.936. The van der Waals surface area contributed by atoms with Gasteiger partial charge in [-0.15, -0.1) is 11.8 Å². The van der Waals surface area contributed by atoms with Gasteiger partial charge in [0.25, 0.3) is 15.9 Å². The lowest BCUT2D eigenvalue weighted by molar-refractivity contribution is 0.102. The number of carbonyl (C=O) groups excluding carboxylic acids is 1. The molecule has 9 heteroatoms. The van der Waals surface area contributed by atoms with Gasteiger partial charge in [0.05, 0.1) is 5.56 Å². The lowest BCUT2D eigenvalue weighted by atomic mass is 10.2. The van der Waals surface area contributed by atoms with Crippen molar-refractivity contribution < 1.29 is 13.2 Å². The number of rotatable bonds is 5. The van der Waals surface area contributed by atoms with E-state index in [0.29, 0.717) is 18.8 Å². The van der Waals surface area contributed by atoms with E-state index in [2.05, 4.69) is 10.4 Å². The molecule has 0 spiro atoms. The van der Waals surface area contributed by atoms with Gasteiger partial charge in [0.1, 0.15) is 0 Å². The van der Waals surface area contributed by atoms with Crippen LogP contribution in [-0.2, 0) is 17.1 Å². The first-order valence-electron chi connectivity index (χ1n) is 8.41. The van der Waals surface area contributed by atoms with Crippen molar-refractivity contribution in [3.63, 3.8) is 0 Å². The molecule has 1 aromatic carbocycles. The van der Waals surface area contributed by atoms with Crippen molar-refractivity contribution in [2.75, 3.05) is 24.7 Å². The number of hydrogen-bond donors (Lipinski definition) is 1. The molecule has 7 nitrogen and oxygen atoms in total. The maximum atomic E-state index is 12.9. The molecule has 0 bridgehead atoms. The number of piperidine rings is 1. The number of hydrogen-bond acceptors (Lipinski definition) is 5. The zero-order chi connectivity index (χ0) is 18.7. The fourth-order valence-corrected chi connectivity index (χ4v) is 5.04. The van der Waals surface area contributed by atoms with Crippen LogP contribution in [0.5, 0.6) is 0 Å².